The first kappa shape index (κ1) is 24.4. The monoisotopic (exact) mass is 464 g/mol. The van der Waals surface area contributed by atoms with Crippen LogP contribution in [0.3, 0.4) is 0 Å². The molecule has 0 aliphatic heterocycles. The average molecular weight is 464 g/mol. The Morgan fingerprint density at radius 2 is 1.65 bits per heavy atom. The van der Waals surface area contributed by atoms with E-state index in [0.717, 1.165) is 5.56 Å². The van der Waals surface area contributed by atoms with Crippen LogP contribution >= 0.6 is 0 Å². The van der Waals surface area contributed by atoms with E-state index in [1.807, 2.05) is 37.3 Å². The second-order valence-corrected chi connectivity index (χ2v) is 7.52. The molecule has 3 rings (SSSR count). The molecule has 3 aromatic rings. The summed E-state index contributed by atoms with van der Waals surface area (Å²) < 4.78 is 13.4. The van der Waals surface area contributed by atoms with Crippen molar-refractivity contribution in [2.75, 3.05) is 23.3 Å². The highest BCUT2D eigenvalue weighted by Crippen LogP contribution is 2.21. The van der Waals surface area contributed by atoms with Crippen LogP contribution in [-0.4, -0.2) is 30.0 Å². The summed E-state index contributed by atoms with van der Waals surface area (Å²) in [5, 5.41) is 16.4. The maximum Gasteiger partial charge on any atom is 0.326 e. The SMILES string of the molecule is CCC(C(=O)NCCN(C(=O)Nc1ccc([N+](=O)[O-])cc1)c1ccc(F)cc1)c1ccccc1. The molecule has 0 radical (unpaired) electrons. The van der Waals surface area contributed by atoms with Gasteiger partial charge >= 0.3 is 6.03 Å². The van der Waals surface area contributed by atoms with Gasteiger partial charge in [0.05, 0.1) is 10.8 Å². The molecule has 0 aliphatic carbocycles. The zero-order valence-corrected chi connectivity index (χ0v) is 18.6. The largest absolute Gasteiger partial charge is 0.354 e. The van der Waals surface area contributed by atoms with Crippen molar-refractivity contribution in [2.24, 2.45) is 0 Å². The van der Waals surface area contributed by atoms with E-state index in [1.54, 1.807) is 0 Å². The summed E-state index contributed by atoms with van der Waals surface area (Å²) in [6.07, 6.45) is 0.623. The Balaban J connectivity index is 1.69. The zero-order chi connectivity index (χ0) is 24.5. The molecular weight excluding hydrogens is 439 g/mol. The Kier molecular flexibility index (Phi) is 8.28. The van der Waals surface area contributed by atoms with Crippen molar-refractivity contribution in [3.63, 3.8) is 0 Å². The lowest BCUT2D eigenvalue weighted by Crippen LogP contribution is -2.42. The molecule has 9 heteroatoms. The predicted molar refractivity (Wildman–Crippen MR) is 128 cm³/mol. The minimum atomic E-state index is -0.530. The second-order valence-electron chi connectivity index (χ2n) is 7.52. The topological polar surface area (TPSA) is 105 Å². The number of urea groups is 1. The van der Waals surface area contributed by atoms with Crippen molar-refractivity contribution in [2.45, 2.75) is 19.3 Å². The van der Waals surface area contributed by atoms with Crippen LogP contribution in [0.5, 0.6) is 0 Å². The molecule has 2 N–H and O–H groups in total. The quantitative estimate of drug-likeness (QED) is 0.340. The summed E-state index contributed by atoms with van der Waals surface area (Å²) >= 11 is 0. The van der Waals surface area contributed by atoms with Crippen molar-refractivity contribution in [1.29, 1.82) is 0 Å². The number of anilines is 2. The van der Waals surface area contributed by atoms with Crippen LogP contribution in [-0.2, 0) is 4.79 Å². The number of carbonyl (C=O) groups is 2. The molecule has 0 saturated carbocycles. The normalized spacial score (nSPS) is 11.4. The fraction of sp³-hybridized carbons (Fsp3) is 0.200. The maximum absolute atomic E-state index is 13.4. The first-order valence-electron chi connectivity index (χ1n) is 10.8. The van der Waals surface area contributed by atoms with Gasteiger partial charge in [0.2, 0.25) is 5.91 Å². The molecule has 3 amide bonds. The van der Waals surface area contributed by atoms with Gasteiger partial charge in [0.25, 0.3) is 5.69 Å². The van der Waals surface area contributed by atoms with Crippen LogP contribution in [0, 0.1) is 15.9 Å². The van der Waals surface area contributed by atoms with Crippen LogP contribution in [0.25, 0.3) is 0 Å². The minimum Gasteiger partial charge on any atom is -0.354 e. The lowest BCUT2D eigenvalue weighted by atomic mass is 9.96. The number of amides is 3. The van der Waals surface area contributed by atoms with E-state index >= 15 is 0 Å². The minimum absolute atomic E-state index is 0.0972. The Hall–Kier alpha value is -4.27. The van der Waals surface area contributed by atoms with Crippen LogP contribution < -0.4 is 15.5 Å². The van der Waals surface area contributed by atoms with Crippen LogP contribution in [0.2, 0.25) is 0 Å². The highest BCUT2D eigenvalue weighted by Gasteiger charge is 2.20. The highest BCUT2D eigenvalue weighted by atomic mass is 19.1. The number of rotatable bonds is 9. The van der Waals surface area contributed by atoms with Gasteiger partial charge in [0.15, 0.2) is 0 Å². The molecule has 0 aliphatic rings. The lowest BCUT2D eigenvalue weighted by molar-refractivity contribution is -0.384. The fourth-order valence-corrected chi connectivity index (χ4v) is 3.50. The number of halogens is 1. The van der Waals surface area contributed by atoms with Gasteiger partial charge in [-0.25, -0.2) is 9.18 Å². The van der Waals surface area contributed by atoms with Gasteiger partial charge in [0, 0.05) is 36.6 Å². The number of hydrogen-bond acceptors (Lipinski definition) is 4. The van der Waals surface area contributed by atoms with Gasteiger partial charge in [-0.3, -0.25) is 19.8 Å². The third-order valence-electron chi connectivity index (χ3n) is 5.27. The third-order valence-corrected chi connectivity index (χ3v) is 5.27. The summed E-state index contributed by atoms with van der Waals surface area (Å²) in [7, 11) is 0. The molecule has 0 spiro atoms. The van der Waals surface area contributed by atoms with Crippen LogP contribution in [0.1, 0.15) is 24.8 Å². The number of non-ortho nitro benzene ring substituents is 1. The number of hydrogen-bond donors (Lipinski definition) is 2. The first-order valence-corrected chi connectivity index (χ1v) is 10.8. The summed E-state index contributed by atoms with van der Waals surface area (Å²) in [5.41, 5.74) is 1.61. The highest BCUT2D eigenvalue weighted by molar-refractivity contribution is 6.01. The average Bonchev–Trinajstić information content (AvgIpc) is 2.84. The van der Waals surface area contributed by atoms with Crippen molar-refractivity contribution < 1.29 is 18.9 Å². The van der Waals surface area contributed by atoms with E-state index in [-0.39, 0.29) is 30.6 Å². The van der Waals surface area contributed by atoms with Gasteiger partial charge in [-0.2, -0.15) is 0 Å². The molecule has 3 aromatic carbocycles. The van der Waals surface area contributed by atoms with Crippen molar-refractivity contribution >= 4 is 29.0 Å². The molecule has 8 nitrogen and oxygen atoms in total. The molecule has 0 fully saturated rings. The standard InChI is InChI=1S/C25H25FN4O4/c1-2-23(18-6-4-3-5-7-18)24(31)27-16-17-29(21-12-8-19(26)9-13-21)25(32)28-20-10-14-22(15-11-20)30(33)34/h3-15,23H,2,16-17H2,1H3,(H,27,31)(H,28,32). The molecule has 0 bridgehead atoms. The Morgan fingerprint density at radius 3 is 2.24 bits per heavy atom. The Labute approximate surface area is 196 Å². The number of benzene rings is 3. The molecule has 0 aromatic heterocycles. The number of nitro benzene ring substituents is 1. The van der Waals surface area contributed by atoms with E-state index < -0.39 is 16.8 Å². The molecule has 1 unspecified atom stereocenters. The number of nitro groups is 1. The lowest BCUT2D eigenvalue weighted by Gasteiger charge is -2.24. The number of nitrogens with zero attached hydrogens (tertiary/aromatic N) is 2. The Bertz CT molecular complexity index is 1120. The predicted octanol–water partition coefficient (Wildman–Crippen LogP) is 5.08. The summed E-state index contributed by atoms with van der Waals surface area (Å²) in [6, 6.07) is 19.7. The molecular formula is C25H25FN4O4. The van der Waals surface area contributed by atoms with Crippen LogP contribution in [0.15, 0.2) is 78.9 Å². The zero-order valence-electron chi connectivity index (χ0n) is 18.6. The van der Waals surface area contributed by atoms with E-state index in [9.17, 15) is 24.1 Å². The smallest absolute Gasteiger partial charge is 0.326 e. The van der Waals surface area contributed by atoms with Crippen molar-refractivity contribution in [3.05, 3.63) is 100 Å². The maximum atomic E-state index is 13.4. The molecule has 1 atom stereocenters. The third kappa shape index (κ3) is 6.38. The van der Waals surface area contributed by atoms with Crippen molar-refractivity contribution in [3.8, 4) is 0 Å². The van der Waals surface area contributed by atoms with E-state index in [2.05, 4.69) is 10.6 Å². The first-order chi connectivity index (χ1) is 16.4. The number of nitrogens with one attached hydrogen (secondary N) is 2. The van der Waals surface area contributed by atoms with E-state index in [1.165, 1.54) is 53.4 Å². The summed E-state index contributed by atoms with van der Waals surface area (Å²) in [6.45, 7) is 2.23. The van der Waals surface area contributed by atoms with E-state index in [0.29, 0.717) is 17.8 Å². The van der Waals surface area contributed by atoms with Crippen molar-refractivity contribution in [1.82, 2.24) is 5.32 Å². The van der Waals surface area contributed by atoms with Gasteiger partial charge in [-0.15, -0.1) is 0 Å². The Morgan fingerprint density at radius 1 is 1.00 bits per heavy atom. The molecule has 34 heavy (non-hydrogen) atoms. The van der Waals surface area contributed by atoms with E-state index in [4.69, 9.17) is 0 Å². The fourth-order valence-electron chi connectivity index (χ4n) is 3.50. The molecule has 0 heterocycles. The summed E-state index contributed by atoms with van der Waals surface area (Å²) in [4.78, 5) is 37.4. The van der Waals surface area contributed by atoms with Gasteiger partial charge < -0.3 is 10.6 Å². The molecule has 0 saturated heterocycles. The number of carbonyl (C=O) groups excluding carboxylic acids is 2. The van der Waals surface area contributed by atoms with Gasteiger partial charge in [-0.1, -0.05) is 37.3 Å². The second kappa shape index (κ2) is 11.6. The molecule has 176 valence electrons. The van der Waals surface area contributed by atoms with Gasteiger partial charge in [-0.05, 0) is 48.4 Å². The van der Waals surface area contributed by atoms with Crippen LogP contribution in [0.4, 0.5) is 26.2 Å². The van der Waals surface area contributed by atoms with Gasteiger partial charge in [0.1, 0.15) is 5.82 Å². The summed E-state index contributed by atoms with van der Waals surface area (Å²) in [5.74, 6) is -0.903.